The Morgan fingerprint density at radius 3 is 2.31 bits per heavy atom. The van der Waals surface area contributed by atoms with Gasteiger partial charge in [0.05, 0.1) is 12.9 Å². The van der Waals surface area contributed by atoms with Gasteiger partial charge in [0.2, 0.25) is 0 Å². The second-order valence-electron chi connectivity index (χ2n) is 6.83. The summed E-state index contributed by atoms with van der Waals surface area (Å²) in [5.41, 5.74) is 7.24. The van der Waals surface area contributed by atoms with Gasteiger partial charge in [-0.25, -0.2) is 0 Å². The van der Waals surface area contributed by atoms with E-state index in [-0.39, 0.29) is 22.2 Å². The van der Waals surface area contributed by atoms with Gasteiger partial charge in [-0.2, -0.15) is 12.3 Å². The highest BCUT2D eigenvalue weighted by molar-refractivity contribution is 7.91. The molecule has 7 heteroatoms. The first kappa shape index (κ1) is 21.1. The standard InChI is InChI=1S/C22H27N2O4S/c1-4-29(25,26)24(16-18(15-23)10-9-17(24)2)19-11-13-20(14-12-19)28-22-8-6-5-7-21(22)27-3/h5-14,16-17H,4,15,23H2,1-3H3/q+1. The van der Waals surface area contributed by atoms with Crippen LogP contribution in [0.4, 0.5) is 5.69 Å². The predicted molar refractivity (Wildman–Crippen MR) is 117 cm³/mol. The van der Waals surface area contributed by atoms with Crippen LogP contribution in [0.3, 0.4) is 0 Å². The minimum Gasteiger partial charge on any atom is -0.493 e. The van der Waals surface area contributed by atoms with E-state index in [4.69, 9.17) is 15.2 Å². The Balaban J connectivity index is 2.03. The number of para-hydroxylation sites is 2. The van der Waals surface area contributed by atoms with Crippen LogP contribution in [-0.4, -0.2) is 33.9 Å². The van der Waals surface area contributed by atoms with Crippen LogP contribution >= 0.6 is 0 Å². The zero-order chi connectivity index (χ0) is 21.1. The summed E-state index contributed by atoms with van der Waals surface area (Å²) >= 11 is 0. The summed E-state index contributed by atoms with van der Waals surface area (Å²) in [4.78, 5) is 0. The molecule has 2 aromatic carbocycles. The van der Waals surface area contributed by atoms with Gasteiger partial charge in [-0.3, -0.25) is 0 Å². The molecule has 2 aromatic rings. The van der Waals surface area contributed by atoms with Crippen molar-refractivity contribution >= 4 is 15.7 Å². The lowest BCUT2D eigenvalue weighted by Gasteiger charge is -2.38. The van der Waals surface area contributed by atoms with Gasteiger partial charge in [0.1, 0.15) is 18.0 Å². The lowest BCUT2D eigenvalue weighted by molar-refractivity contribution is 0.378. The van der Waals surface area contributed by atoms with Crippen LogP contribution in [0.1, 0.15) is 13.8 Å². The fraction of sp³-hybridized carbons (Fsp3) is 0.273. The van der Waals surface area contributed by atoms with Crippen molar-refractivity contribution in [1.82, 2.24) is 3.89 Å². The van der Waals surface area contributed by atoms with Crippen molar-refractivity contribution in [2.24, 2.45) is 5.73 Å². The topological polar surface area (TPSA) is 78.6 Å². The van der Waals surface area contributed by atoms with E-state index in [1.54, 1.807) is 44.5 Å². The molecule has 2 N–H and O–H groups in total. The van der Waals surface area contributed by atoms with Gasteiger partial charge >= 0.3 is 10.0 Å². The first-order chi connectivity index (χ1) is 13.9. The number of hydrogen-bond donors (Lipinski definition) is 1. The Labute approximate surface area is 172 Å². The van der Waals surface area contributed by atoms with Gasteiger partial charge in [-0.05, 0) is 44.2 Å². The molecule has 6 nitrogen and oxygen atoms in total. The molecule has 0 saturated carbocycles. The van der Waals surface area contributed by atoms with Crippen molar-refractivity contribution in [2.75, 3.05) is 19.4 Å². The molecule has 0 spiro atoms. The summed E-state index contributed by atoms with van der Waals surface area (Å²) < 4.78 is 37.4. The second kappa shape index (κ2) is 8.41. The first-order valence-corrected chi connectivity index (χ1v) is 11.1. The second-order valence-corrected chi connectivity index (χ2v) is 9.18. The normalized spacial score (nSPS) is 21.5. The van der Waals surface area contributed by atoms with E-state index >= 15 is 0 Å². The molecular formula is C22H27N2O4S+. The molecular weight excluding hydrogens is 388 g/mol. The molecule has 1 heterocycles. The van der Waals surface area contributed by atoms with E-state index in [0.717, 1.165) is 5.57 Å². The molecule has 154 valence electrons. The molecule has 0 aromatic heterocycles. The third kappa shape index (κ3) is 3.81. The lowest BCUT2D eigenvalue weighted by atomic mass is 10.1. The highest BCUT2D eigenvalue weighted by atomic mass is 32.2. The van der Waals surface area contributed by atoms with Crippen molar-refractivity contribution < 1.29 is 17.9 Å². The van der Waals surface area contributed by atoms with Crippen LogP contribution in [0.2, 0.25) is 0 Å². The number of sulfonamides is 1. The number of hydrogen-bond acceptors (Lipinski definition) is 5. The summed E-state index contributed by atoms with van der Waals surface area (Å²) in [6, 6.07) is 14.2. The minimum absolute atomic E-state index is 0.0129. The summed E-state index contributed by atoms with van der Waals surface area (Å²) in [5, 5.41) is 0. The Morgan fingerprint density at radius 2 is 1.72 bits per heavy atom. The summed E-state index contributed by atoms with van der Waals surface area (Å²) in [6.07, 6.45) is 5.54. The van der Waals surface area contributed by atoms with Gasteiger partial charge in [-0.15, -0.1) is 0 Å². The van der Waals surface area contributed by atoms with Crippen LogP contribution < -0.4 is 19.1 Å². The maximum atomic E-state index is 13.2. The number of nitrogens with two attached hydrogens (primary N) is 1. The van der Waals surface area contributed by atoms with E-state index in [9.17, 15) is 8.42 Å². The predicted octanol–water partition coefficient (Wildman–Crippen LogP) is 3.95. The highest BCUT2D eigenvalue weighted by Gasteiger charge is 2.47. The quantitative estimate of drug-likeness (QED) is 0.693. The number of nitrogens with zero attached hydrogens (tertiary/aromatic N) is 1. The Morgan fingerprint density at radius 1 is 1.07 bits per heavy atom. The van der Waals surface area contributed by atoms with Crippen LogP contribution in [0.5, 0.6) is 17.2 Å². The van der Waals surface area contributed by atoms with Crippen LogP contribution in [0, 0.1) is 0 Å². The summed E-state index contributed by atoms with van der Waals surface area (Å²) in [5.74, 6) is 1.82. The summed E-state index contributed by atoms with van der Waals surface area (Å²) in [7, 11) is -1.93. The van der Waals surface area contributed by atoms with E-state index < -0.39 is 10.0 Å². The highest BCUT2D eigenvalue weighted by Crippen LogP contribution is 2.38. The lowest BCUT2D eigenvalue weighted by Crippen LogP contribution is -2.56. The average molecular weight is 416 g/mol. The molecule has 0 radical (unpaired) electrons. The molecule has 0 bridgehead atoms. The van der Waals surface area contributed by atoms with E-state index in [1.807, 2.05) is 43.3 Å². The zero-order valence-corrected chi connectivity index (χ0v) is 17.7. The monoisotopic (exact) mass is 415 g/mol. The molecule has 0 amide bonds. The molecule has 1 aliphatic heterocycles. The van der Waals surface area contributed by atoms with Crippen molar-refractivity contribution in [3.8, 4) is 17.2 Å². The fourth-order valence-electron chi connectivity index (χ4n) is 3.51. The molecule has 2 atom stereocenters. The van der Waals surface area contributed by atoms with Gasteiger partial charge < -0.3 is 15.2 Å². The molecule has 0 saturated heterocycles. The van der Waals surface area contributed by atoms with Gasteiger partial charge in [0.25, 0.3) is 0 Å². The molecule has 3 rings (SSSR count). The molecule has 2 unspecified atom stereocenters. The first-order valence-electron chi connectivity index (χ1n) is 9.50. The van der Waals surface area contributed by atoms with Crippen LogP contribution in [0.15, 0.2) is 72.5 Å². The van der Waals surface area contributed by atoms with Gasteiger partial charge in [-0.1, -0.05) is 18.2 Å². The van der Waals surface area contributed by atoms with E-state index in [0.29, 0.717) is 22.9 Å². The number of quaternary nitrogens is 1. The third-order valence-corrected chi connectivity index (χ3v) is 7.45. The number of benzene rings is 2. The van der Waals surface area contributed by atoms with Gasteiger partial charge in [0, 0.05) is 24.3 Å². The largest absolute Gasteiger partial charge is 0.493 e. The SMILES string of the molecule is CCS(=O)(=O)[N+]1(c2ccc(Oc3ccccc3OC)cc2)C=C(CN)C=CC1C. The van der Waals surface area contributed by atoms with Crippen molar-refractivity contribution in [3.63, 3.8) is 0 Å². The van der Waals surface area contributed by atoms with E-state index in [1.165, 1.54) is 0 Å². The van der Waals surface area contributed by atoms with Crippen LogP contribution in [0.25, 0.3) is 0 Å². The fourth-order valence-corrected chi connectivity index (χ4v) is 5.26. The maximum absolute atomic E-state index is 13.2. The Kier molecular flexibility index (Phi) is 6.12. The Bertz CT molecular complexity index is 1030. The molecule has 1 aliphatic rings. The van der Waals surface area contributed by atoms with Gasteiger partial charge in [0.15, 0.2) is 17.2 Å². The smallest absolute Gasteiger partial charge is 0.306 e. The molecule has 29 heavy (non-hydrogen) atoms. The number of rotatable bonds is 7. The molecule has 0 fully saturated rings. The number of ether oxygens (including phenoxy) is 2. The van der Waals surface area contributed by atoms with Crippen molar-refractivity contribution in [3.05, 3.63) is 72.5 Å². The summed E-state index contributed by atoms with van der Waals surface area (Å²) in [6.45, 7) is 3.83. The Hall–Kier alpha value is -2.61. The zero-order valence-electron chi connectivity index (χ0n) is 16.9. The number of methoxy groups -OCH3 is 1. The average Bonchev–Trinajstić information content (AvgIpc) is 2.75. The maximum Gasteiger partial charge on any atom is 0.306 e. The van der Waals surface area contributed by atoms with Crippen LogP contribution in [-0.2, 0) is 10.0 Å². The van der Waals surface area contributed by atoms with E-state index in [2.05, 4.69) is 0 Å². The van der Waals surface area contributed by atoms with Crippen molar-refractivity contribution in [2.45, 2.75) is 19.9 Å². The third-order valence-electron chi connectivity index (χ3n) is 5.15. The molecule has 0 aliphatic carbocycles. The van der Waals surface area contributed by atoms with Crippen molar-refractivity contribution in [1.29, 1.82) is 0 Å². The minimum atomic E-state index is -3.52.